The minimum Gasteiger partial charge on any atom is -0.379 e. The Kier molecular flexibility index (Phi) is 4.18. The Hall–Kier alpha value is -2.01. The van der Waals surface area contributed by atoms with Crippen LogP contribution < -0.4 is 4.90 Å². The van der Waals surface area contributed by atoms with Crippen molar-refractivity contribution in [2.75, 3.05) is 31.2 Å². The second-order valence-corrected chi connectivity index (χ2v) is 5.00. The summed E-state index contributed by atoms with van der Waals surface area (Å²) < 4.78 is 5.72. The van der Waals surface area contributed by atoms with E-state index in [4.69, 9.17) is 4.74 Å². The fourth-order valence-electron chi connectivity index (χ4n) is 2.51. The van der Waals surface area contributed by atoms with Crippen LogP contribution in [0.3, 0.4) is 0 Å². The average molecular weight is 270 g/mol. The zero-order valence-electron chi connectivity index (χ0n) is 11.4. The second-order valence-electron chi connectivity index (χ2n) is 5.00. The summed E-state index contributed by atoms with van der Waals surface area (Å²) in [4.78, 5) is 15.0. The van der Waals surface area contributed by atoms with E-state index in [2.05, 4.69) is 25.9 Å². The third-order valence-corrected chi connectivity index (χ3v) is 3.46. The molecule has 1 unspecified atom stereocenters. The van der Waals surface area contributed by atoms with E-state index >= 15 is 0 Å². The highest BCUT2D eigenvalue weighted by Gasteiger charge is 2.20. The van der Waals surface area contributed by atoms with E-state index in [1.54, 1.807) is 18.6 Å². The molecule has 0 saturated carbocycles. The number of pyridine rings is 1. The Balaban J connectivity index is 1.69. The van der Waals surface area contributed by atoms with E-state index < -0.39 is 0 Å². The molecule has 0 aliphatic carbocycles. The van der Waals surface area contributed by atoms with Crippen LogP contribution in [0.15, 0.2) is 43.1 Å². The molecule has 1 atom stereocenters. The van der Waals surface area contributed by atoms with Crippen molar-refractivity contribution in [1.29, 1.82) is 0 Å². The molecule has 0 amide bonds. The fraction of sp³-hybridized carbons (Fsp3) is 0.400. The van der Waals surface area contributed by atoms with E-state index in [-0.39, 0.29) is 0 Å². The van der Waals surface area contributed by atoms with Gasteiger partial charge in [-0.25, -0.2) is 0 Å². The Morgan fingerprint density at radius 1 is 1.20 bits per heavy atom. The predicted octanol–water partition coefficient (Wildman–Crippen LogP) is 1.57. The van der Waals surface area contributed by atoms with Crippen molar-refractivity contribution in [3.8, 4) is 0 Å². The molecule has 0 spiro atoms. The summed E-state index contributed by atoms with van der Waals surface area (Å²) in [6, 6.07) is 4.07. The average Bonchev–Trinajstić information content (AvgIpc) is 2.75. The fourth-order valence-corrected chi connectivity index (χ4v) is 2.51. The van der Waals surface area contributed by atoms with Crippen molar-refractivity contribution in [2.45, 2.75) is 6.42 Å². The molecule has 1 aliphatic rings. The molecule has 0 bridgehead atoms. The molecule has 1 fully saturated rings. The van der Waals surface area contributed by atoms with Crippen LogP contribution in [0, 0.1) is 5.92 Å². The lowest BCUT2D eigenvalue weighted by Gasteiger charge is -2.25. The molecule has 1 saturated heterocycles. The number of nitrogens with zero attached hydrogens (tertiary/aromatic N) is 4. The van der Waals surface area contributed by atoms with Crippen LogP contribution in [-0.4, -0.2) is 41.3 Å². The maximum atomic E-state index is 5.72. The first-order valence-corrected chi connectivity index (χ1v) is 6.89. The van der Waals surface area contributed by atoms with Gasteiger partial charge in [-0.15, -0.1) is 0 Å². The number of hydrogen-bond donors (Lipinski definition) is 0. The zero-order valence-corrected chi connectivity index (χ0v) is 11.4. The third kappa shape index (κ3) is 3.30. The lowest BCUT2D eigenvalue weighted by Crippen LogP contribution is -2.31. The molecule has 0 N–H and O–H groups in total. The van der Waals surface area contributed by atoms with Crippen molar-refractivity contribution >= 4 is 5.69 Å². The summed E-state index contributed by atoms with van der Waals surface area (Å²) in [7, 11) is 0. The van der Waals surface area contributed by atoms with Gasteiger partial charge in [0.1, 0.15) is 0 Å². The van der Waals surface area contributed by atoms with E-state index in [0.717, 1.165) is 44.1 Å². The van der Waals surface area contributed by atoms with Crippen LogP contribution >= 0.6 is 0 Å². The highest BCUT2D eigenvalue weighted by molar-refractivity contribution is 5.43. The quantitative estimate of drug-likeness (QED) is 0.847. The minimum absolute atomic E-state index is 0.425. The van der Waals surface area contributed by atoms with Gasteiger partial charge < -0.3 is 9.64 Å². The summed E-state index contributed by atoms with van der Waals surface area (Å²) in [5.74, 6) is 0.425. The second kappa shape index (κ2) is 6.43. The Labute approximate surface area is 118 Å². The van der Waals surface area contributed by atoms with Crippen molar-refractivity contribution in [3.63, 3.8) is 0 Å². The summed E-state index contributed by atoms with van der Waals surface area (Å²) in [6.45, 7) is 3.39. The van der Waals surface area contributed by atoms with Gasteiger partial charge in [0.05, 0.1) is 30.8 Å². The minimum atomic E-state index is 0.425. The smallest absolute Gasteiger partial charge is 0.0641 e. The molecular formula is C15H18N4O. The van der Waals surface area contributed by atoms with Crippen LogP contribution in [0.25, 0.3) is 0 Å². The Morgan fingerprint density at radius 3 is 2.95 bits per heavy atom. The van der Waals surface area contributed by atoms with Gasteiger partial charge in [0.25, 0.3) is 0 Å². The molecule has 5 heteroatoms. The van der Waals surface area contributed by atoms with Crippen molar-refractivity contribution in [2.24, 2.45) is 5.92 Å². The third-order valence-electron chi connectivity index (χ3n) is 3.46. The van der Waals surface area contributed by atoms with E-state index in [1.807, 2.05) is 18.5 Å². The SMILES string of the molecule is c1cncc(N2CCOCC(Cc3cnccn3)C2)c1. The van der Waals surface area contributed by atoms with Gasteiger partial charge in [-0.2, -0.15) is 0 Å². The topological polar surface area (TPSA) is 51.1 Å². The van der Waals surface area contributed by atoms with Crippen molar-refractivity contribution in [3.05, 3.63) is 48.8 Å². The number of ether oxygens (including phenoxy) is 1. The monoisotopic (exact) mass is 270 g/mol. The number of anilines is 1. The standard InChI is InChI=1S/C15H18N4O/c1-2-15(10-16-3-1)19-6-7-20-12-13(11-19)8-14-9-17-4-5-18-14/h1-5,9-10,13H,6-8,11-12H2. The number of hydrogen-bond acceptors (Lipinski definition) is 5. The van der Waals surface area contributed by atoms with Crippen molar-refractivity contribution < 1.29 is 4.74 Å². The molecule has 104 valence electrons. The summed E-state index contributed by atoms with van der Waals surface area (Å²) >= 11 is 0. The van der Waals surface area contributed by atoms with Crippen LogP contribution in [0.1, 0.15) is 5.69 Å². The van der Waals surface area contributed by atoms with Crippen LogP contribution in [0.5, 0.6) is 0 Å². The van der Waals surface area contributed by atoms with Gasteiger partial charge in [0, 0.05) is 43.8 Å². The normalized spacial score (nSPS) is 19.6. The van der Waals surface area contributed by atoms with Gasteiger partial charge in [-0.1, -0.05) is 0 Å². The number of aromatic nitrogens is 3. The molecule has 20 heavy (non-hydrogen) atoms. The first-order valence-electron chi connectivity index (χ1n) is 6.89. The van der Waals surface area contributed by atoms with Gasteiger partial charge in [-0.05, 0) is 18.6 Å². The Morgan fingerprint density at radius 2 is 2.15 bits per heavy atom. The highest BCUT2D eigenvalue weighted by Crippen LogP contribution is 2.18. The molecular weight excluding hydrogens is 252 g/mol. The van der Waals surface area contributed by atoms with Gasteiger partial charge in [0.2, 0.25) is 0 Å². The van der Waals surface area contributed by atoms with Gasteiger partial charge in [0.15, 0.2) is 0 Å². The molecule has 2 aromatic rings. The number of rotatable bonds is 3. The lowest BCUT2D eigenvalue weighted by atomic mass is 10.0. The van der Waals surface area contributed by atoms with Gasteiger partial charge in [-0.3, -0.25) is 15.0 Å². The van der Waals surface area contributed by atoms with E-state index in [9.17, 15) is 0 Å². The Bertz CT molecular complexity index is 520. The summed E-state index contributed by atoms with van der Waals surface area (Å²) in [5, 5.41) is 0. The summed E-state index contributed by atoms with van der Waals surface area (Å²) in [5.41, 5.74) is 2.18. The van der Waals surface area contributed by atoms with E-state index in [1.165, 1.54) is 0 Å². The first kappa shape index (κ1) is 13.0. The maximum Gasteiger partial charge on any atom is 0.0641 e. The first-order chi connectivity index (χ1) is 9.92. The zero-order chi connectivity index (χ0) is 13.6. The molecule has 0 radical (unpaired) electrons. The van der Waals surface area contributed by atoms with Crippen LogP contribution in [0.4, 0.5) is 5.69 Å². The highest BCUT2D eigenvalue weighted by atomic mass is 16.5. The van der Waals surface area contributed by atoms with Crippen molar-refractivity contribution in [1.82, 2.24) is 15.0 Å². The molecule has 1 aliphatic heterocycles. The van der Waals surface area contributed by atoms with E-state index in [0.29, 0.717) is 5.92 Å². The lowest BCUT2D eigenvalue weighted by molar-refractivity contribution is 0.123. The maximum absolute atomic E-state index is 5.72. The summed E-state index contributed by atoms with van der Waals surface area (Å²) in [6.07, 6.45) is 9.88. The molecule has 2 aromatic heterocycles. The predicted molar refractivity (Wildman–Crippen MR) is 76.5 cm³/mol. The van der Waals surface area contributed by atoms with Gasteiger partial charge >= 0.3 is 0 Å². The molecule has 0 aromatic carbocycles. The molecule has 3 rings (SSSR count). The molecule has 5 nitrogen and oxygen atoms in total. The molecule has 3 heterocycles. The van der Waals surface area contributed by atoms with Crippen LogP contribution in [0.2, 0.25) is 0 Å². The van der Waals surface area contributed by atoms with Crippen LogP contribution in [-0.2, 0) is 11.2 Å². The largest absolute Gasteiger partial charge is 0.379 e.